The average molecular weight is 387 g/mol. The quantitative estimate of drug-likeness (QED) is 0.280. The molecule has 0 saturated heterocycles. The summed E-state index contributed by atoms with van der Waals surface area (Å²) in [5.41, 5.74) is 6.66. The summed E-state index contributed by atoms with van der Waals surface area (Å²) in [7, 11) is -1.70. The van der Waals surface area contributed by atoms with Crippen LogP contribution in [0, 0.1) is 11.8 Å². The molecule has 6 N–H and O–H groups in total. The summed E-state index contributed by atoms with van der Waals surface area (Å²) >= 11 is 0. The van der Waals surface area contributed by atoms with Gasteiger partial charge in [0, 0.05) is 23.1 Å². The summed E-state index contributed by atoms with van der Waals surface area (Å²) in [6, 6.07) is 6.17. The number of aromatic amines is 2. The van der Waals surface area contributed by atoms with Crippen molar-refractivity contribution < 1.29 is 14.8 Å². The number of nitrogens with one attached hydrogen (secondary N) is 2. The highest BCUT2D eigenvalue weighted by atomic mass is 16.4. The van der Waals surface area contributed by atoms with Crippen molar-refractivity contribution in [3.05, 3.63) is 56.1 Å². The predicted octanol–water partition coefficient (Wildman–Crippen LogP) is -0.268. The van der Waals surface area contributed by atoms with Crippen LogP contribution < -0.4 is 22.4 Å². The molecular weight excluding hydrogens is 361 g/mol. The van der Waals surface area contributed by atoms with E-state index < -0.39 is 7.12 Å². The Morgan fingerprint density at radius 2 is 1.75 bits per heavy atom. The fraction of sp³-hybridized carbons (Fsp3) is 0.421. The van der Waals surface area contributed by atoms with E-state index in [4.69, 9.17) is 15.8 Å². The minimum absolute atomic E-state index is 0.0596. The number of anilines is 1. The van der Waals surface area contributed by atoms with E-state index >= 15 is 0 Å². The van der Waals surface area contributed by atoms with Gasteiger partial charge >= 0.3 is 7.12 Å². The summed E-state index contributed by atoms with van der Waals surface area (Å²) in [4.78, 5) is 39.6. The van der Waals surface area contributed by atoms with E-state index in [2.05, 4.69) is 9.97 Å². The van der Waals surface area contributed by atoms with Gasteiger partial charge in [0.25, 0.3) is 5.56 Å². The smallest absolute Gasteiger partial charge is 0.422 e. The van der Waals surface area contributed by atoms with Crippen LogP contribution in [0.5, 0.6) is 0 Å². The van der Waals surface area contributed by atoms with Crippen LogP contribution in [0.4, 0.5) is 5.82 Å². The van der Waals surface area contributed by atoms with Crippen LogP contribution in [-0.4, -0.2) is 33.4 Å². The molecule has 2 atom stereocenters. The van der Waals surface area contributed by atoms with Crippen LogP contribution in [0.15, 0.2) is 33.9 Å². The Bertz CT molecular complexity index is 909. The topological polar surface area (TPSA) is 149 Å². The first-order valence-corrected chi connectivity index (χ1v) is 9.31. The highest BCUT2D eigenvalue weighted by molar-refractivity contribution is 6.57. The molecule has 0 fully saturated rings. The molecule has 0 aliphatic heterocycles. The number of carbonyl (C=O) groups excluding carboxylic acids is 1. The number of rotatable bonds is 10. The standard InChI is InChI=1S/C19H26BN3O5/c1-12(2-4-15-6-8-16(20(27)28)22-19(15)26)10-13(11-24)3-5-14-7-9-17(25)23-18(14)21/h6-9,11-13,27-28H,2-5,10H2,1H3,(H,22,26)(H3,21,23,25). The van der Waals surface area contributed by atoms with Crippen LogP contribution >= 0.6 is 0 Å². The Morgan fingerprint density at radius 3 is 2.36 bits per heavy atom. The Hall–Kier alpha value is -2.65. The Balaban J connectivity index is 1.86. The van der Waals surface area contributed by atoms with Gasteiger partial charge < -0.3 is 30.5 Å². The fourth-order valence-electron chi connectivity index (χ4n) is 3.22. The molecule has 0 aliphatic rings. The number of carbonyl (C=O) groups is 1. The summed E-state index contributed by atoms with van der Waals surface area (Å²) in [6.07, 6.45) is 4.14. The number of hydrogen-bond acceptors (Lipinski definition) is 6. The van der Waals surface area contributed by atoms with Crippen molar-refractivity contribution in [2.75, 3.05) is 5.73 Å². The van der Waals surface area contributed by atoms with E-state index in [1.807, 2.05) is 6.92 Å². The number of aryl methyl sites for hydroxylation is 2. The molecule has 0 aromatic carbocycles. The maximum absolute atomic E-state index is 12.0. The zero-order valence-electron chi connectivity index (χ0n) is 15.9. The molecule has 0 bridgehead atoms. The maximum atomic E-state index is 12.0. The first kappa shape index (κ1) is 21.7. The van der Waals surface area contributed by atoms with Crippen molar-refractivity contribution in [1.29, 1.82) is 0 Å². The third kappa shape index (κ3) is 6.21. The van der Waals surface area contributed by atoms with Crippen LogP contribution in [-0.2, 0) is 17.6 Å². The molecular formula is C19H26BN3O5. The summed E-state index contributed by atoms with van der Waals surface area (Å²) in [6.45, 7) is 2.03. The van der Waals surface area contributed by atoms with Crippen molar-refractivity contribution in [2.45, 2.75) is 39.0 Å². The second kappa shape index (κ2) is 10.1. The van der Waals surface area contributed by atoms with E-state index in [1.54, 1.807) is 12.1 Å². The lowest BCUT2D eigenvalue weighted by atomic mass is 9.85. The molecule has 2 aromatic heterocycles. The summed E-state index contributed by atoms with van der Waals surface area (Å²) in [5, 5.41) is 18.1. The predicted molar refractivity (Wildman–Crippen MR) is 108 cm³/mol. The van der Waals surface area contributed by atoms with Crippen molar-refractivity contribution in [1.82, 2.24) is 9.97 Å². The monoisotopic (exact) mass is 387 g/mol. The van der Waals surface area contributed by atoms with Gasteiger partial charge in [0.2, 0.25) is 5.56 Å². The number of aromatic nitrogens is 2. The Labute approximate surface area is 163 Å². The van der Waals surface area contributed by atoms with Gasteiger partial charge in [-0.3, -0.25) is 9.59 Å². The number of hydrogen-bond donors (Lipinski definition) is 5. The van der Waals surface area contributed by atoms with Crippen LogP contribution in [0.2, 0.25) is 0 Å². The first-order valence-electron chi connectivity index (χ1n) is 9.31. The number of pyridine rings is 2. The third-order valence-electron chi connectivity index (χ3n) is 4.92. The summed E-state index contributed by atoms with van der Waals surface area (Å²) in [5.74, 6) is 0.429. The zero-order valence-corrected chi connectivity index (χ0v) is 15.9. The molecule has 0 saturated carbocycles. The van der Waals surface area contributed by atoms with Gasteiger partial charge in [-0.15, -0.1) is 0 Å². The van der Waals surface area contributed by atoms with Gasteiger partial charge in [0.1, 0.15) is 12.1 Å². The molecule has 150 valence electrons. The lowest BCUT2D eigenvalue weighted by molar-refractivity contribution is -0.111. The van der Waals surface area contributed by atoms with Crippen molar-refractivity contribution >= 4 is 24.8 Å². The molecule has 2 heterocycles. The molecule has 8 nitrogen and oxygen atoms in total. The molecule has 28 heavy (non-hydrogen) atoms. The molecule has 2 rings (SSSR count). The summed E-state index contributed by atoms with van der Waals surface area (Å²) < 4.78 is 0. The number of nitrogens with two attached hydrogens (primary N) is 1. The molecule has 2 unspecified atom stereocenters. The minimum Gasteiger partial charge on any atom is -0.422 e. The Kier molecular flexibility index (Phi) is 7.77. The average Bonchev–Trinajstić information content (AvgIpc) is 2.65. The van der Waals surface area contributed by atoms with Crippen molar-refractivity contribution in [2.24, 2.45) is 11.8 Å². The molecule has 9 heteroatoms. The van der Waals surface area contributed by atoms with E-state index in [0.717, 1.165) is 18.3 Å². The van der Waals surface area contributed by atoms with Crippen molar-refractivity contribution in [3.63, 3.8) is 0 Å². The van der Waals surface area contributed by atoms with Crippen LogP contribution in [0.25, 0.3) is 0 Å². The first-order chi connectivity index (χ1) is 13.3. The minimum atomic E-state index is -1.70. The van der Waals surface area contributed by atoms with E-state index in [1.165, 1.54) is 12.1 Å². The van der Waals surface area contributed by atoms with E-state index in [0.29, 0.717) is 37.1 Å². The largest absolute Gasteiger partial charge is 0.505 e. The molecule has 0 aliphatic carbocycles. The van der Waals surface area contributed by atoms with Crippen LogP contribution in [0.3, 0.4) is 0 Å². The van der Waals surface area contributed by atoms with E-state index in [9.17, 15) is 14.4 Å². The zero-order chi connectivity index (χ0) is 20.7. The molecule has 0 spiro atoms. The maximum Gasteiger partial charge on any atom is 0.505 e. The van der Waals surface area contributed by atoms with Gasteiger partial charge in [0.05, 0.1) is 0 Å². The van der Waals surface area contributed by atoms with Gasteiger partial charge in [-0.05, 0) is 55.7 Å². The normalized spacial score (nSPS) is 13.1. The second-order valence-electron chi connectivity index (χ2n) is 7.22. The van der Waals surface area contributed by atoms with Gasteiger partial charge in [-0.25, -0.2) is 0 Å². The molecule has 2 aromatic rings. The molecule has 0 amide bonds. The van der Waals surface area contributed by atoms with Gasteiger partial charge in [-0.2, -0.15) is 0 Å². The number of nitrogen functional groups attached to an aromatic ring is 1. The lowest BCUT2D eigenvalue weighted by Crippen LogP contribution is -2.37. The second-order valence-corrected chi connectivity index (χ2v) is 7.22. The van der Waals surface area contributed by atoms with Crippen molar-refractivity contribution in [3.8, 4) is 0 Å². The van der Waals surface area contributed by atoms with Gasteiger partial charge in [-0.1, -0.05) is 13.0 Å². The van der Waals surface area contributed by atoms with Gasteiger partial charge in [0.15, 0.2) is 0 Å². The Morgan fingerprint density at radius 1 is 1.07 bits per heavy atom. The van der Waals surface area contributed by atoms with E-state index in [-0.39, 0.29) is 28.5 Å². The van der Waals surface area contributed by atoms with Crippen LogP contribution in [0.1, 0.15) is 37.3 Å². The SMILES string of the molecule is CC(CCc1ccc(B(O)O)[nH]c1=O)CC(C=O)CCc1ccc(=O)[nH]c1N. The highest BCUT2D eigenvalue weighted by Crippen LogP contribution is 2.21. The highest BCUT2D eigenvalue weighted by Gasteiger charge is 2.16. The fourth-order valence-corrected chi connectivity index (χ4v) is 3.22. The number of aldehydes is 1. The number of H-pyrrole nitrogens is 2. The lowest BCUT2D eigenvalue weighted by Gasteiger charge is -2.16. The molecule has 0 radical (unpaired) electrons. The third-order valence-corrected chi connectivity index (χ3v) is 4.92.